The summed E-state index contributed by atoms with van der Waals surface area (Å²) in [4.78, 5) is 12.5. The monoisotopic (exact) mass is 307 g/mol. The lowest BCUT2D eigenvalue weighted by atomic mass is 10.1. The Balaban J connectivity index is 1.92. The zero-order chi connectivity index (χ0) is 16.2. The van der Waals surface area contributed by atoms with Gasteiger partial charge in [-0.25, -0.2) is 0 Å². The lowest BCUT2D eigenvalue weighted by Crippen LogP contribution is -2.12. The fraction of sp³-hybridized carbons (Fsp3) is 0.105. The van der Waals surface area contributed by atoms with Crippen molar-refractivity contribution in [1.29, 1.82) is 0 Å². The summed E-state index contributed by atoms with van der Waals surface area (Å²) in [5.41, 5.74) is 1.29. The van der Waals surface area contributed by atoms with E-state index in [4.69, 9.17) is 9.47 Å². The van der Waals surface area contributed by atoms with Crippen LogP contribution >= 0.6 is 0 Å². The van der Waals surface area contributed by atoms with Crippen molar-refractivity contribution in [3.63, 3.8) is 0 Å². The molecule has 4 nitrogen and oxygen atoms in total. The molecular weight excluding hydrogens is 290 g/mol. The van der Waals surface area contributed by atoms with Crippen molar-refractivity contribution in [2.45, 2.75) is 0 Å². The molecule has 0 radical (unpaired) electrons. The molecule has 0 unspecified atom stereocenters. The van der Waals surface area contributed by atoms with Gasteiger partial charge in [-0.05, 0) is 29.7 Å². The van der Waals surface area contributed by atoms with Crippen LogP contribution in [0, 0.1) is 0 Å². The number of methoxy groups -OCH3 is 2. The van der Waals surface area contributed by atoms with E-state index in [1.807, 2.05) is 42.5 Å². The number of amides is 1. The zero-order valence-electron chi connectivity index (χ0n) is 13.0. The quantitative estimate of drug-likeness (QED) is 0.789. The molecule has 0 heterocycles. The summed E-state index contributed by atoms with van der Waals surface area (Å²) in [6, 6.07) is 18.9. The van der Waals surface area contributed by atoms with Gasteiger partial charge in [-0.2, -0.15) is 0 Å². The van der Waals surface area contributed by atoms with E-state index in [0.29, 0.717) is 17.1 Å². The highest BCUT2D eigenvalue weighted by atomic mass is 16.5. The van der Waals surface area contributed by atoms with E-state index in [0.717, 1.165) is 16.5 Å². The molecule has 3 aromatic rings. The largest absolute Gasteiger partial charge is 0.493 e. The minimum Gasteiger partial charge on any atom is -0.493 e. The standard InChI is InChI=1S/C19H17NO3/c1-22-17-11-10-14(12-18(17)23-2)19(21)20-16-9-5-7-13-6-3-4-8-15(13)16/h3-12H,1-2H3,(H,20,21). The first-order valence-electron chi connectivity index (χ1n) is 7.24. The van der Waals surface area contributed by atoms with Crippen LogP contribution in [0.3, 0.4) is 0 Å². The zero-order valence-corrected chi connectivity index (χ0v) is 13.0. The van der Waals surface area contributed by atoms with E-state index in [1.54, 1.807) is 32.4 Å². The first-order chi connectivity index (χ1) is 11.2. The summed E-state index contributed by atoms with van der Waals surface area (Å²) in [5.74, 6) is 0.926. The summed E-state index contributed by atoms with van der Waals surface area (Å²) in [5, 5.41) is 5.04. The molecule has 0 aliphatic rings. The van der Waals surface area contributed by atoms with E-state index in [-0.39, 0.29) is 5.91 Å². The Hall–Kier alpha value is -3.01. The molecule has 0 aliphatic carbocycles. The van der Waals surface area contributed by atoms with Crippen molar-refractivity contribution >= 4 is 22.4 Å². The van der Waals surface area contributed by atoms with E-state index in [2.05, 4.69) is 5.32 Å². The van der Waals surface area contributed by atoms with Gasteiger partial charge < -0.3 is 14.8 Å². The van der Waals surface area contributed by atoms with Gasteiger partial charge >= 0.3 is 0 Å². The number of fused-ring (bicyclic) bond motifs is 1. The predicted molar refractivity (Wildman–Crippen MR) is 91.4 cm³/mol. The van der Waals surface area contributed by atoms with Crippen LogP contribution in [0.2, 0.25) is 0 Å². The second-order valence-corrected chi connectivity index (χ2v) is 5.05. The fourth-order valence-corrected chi connectivity index (χ4v) is 2.51. The maximum Gasteiger partial charge on any atom is 0.255 e. The second-order valence-electron chi connectivity index (χ2n) is 5.05. The molecule has 0 bridgehead atoms. The van der Waals surface area contributed by atoms with Gasteiger partial charge in [0.05, 0.1) is 14.2 Å². The Morgan fingerprint density at radius 2 is 1.61 bits per heavy atom. The normalized spacial score (nSPS) is 10.3. The SMILES string of the molecule is COc1ccc(C(=O)Nc2cccc3ccccc23)cc1OC. The van der Waals surface area contributed by atoms with Gasteiger partial charge in [0.25, 0.3) is 5.91 Å². The van der Waals surface area contributed by atoms with Crippen molar-refractivity contribution in [3.05, 3.63) is 66.2 Å². The maximum absolute atomic E-state index is 12.5. The average Bonchev–Trinajstić information content (AvgIpc) is 2.61. The highest BCUT2D eigenvalue weighted by molar-refractivity contribution is 6.09. The van der Waals surface area contributed by atoms with E-state index in [1.165, 1.54) is 0 Å². The number of carbonyl (C=O) groups excluding carboxylic acids is 1. The number of anilines is 1. The van der Waals surface area contributed by atoms with Crippen molar-refractivity contribution in [1.82, 2.24) is 0 Å². The number of hydrogen-bond donors (Lipinski definition) is 1. The van der Waals surface area contributed by atoms with Crippen LogP contribution < -0.4 is 14.8 Å². The first kappa shape index (κ1) is 14.9. The van der Waals surface area contributed by atoms with Crippen LogP contribution in [-0.2, 0) is 0 Å². The van der Waals surface area contributed by atoms with Gasteiger partial charge in [0.1, 0.15) is 0 Å². The van der Waals surface area contributed by atoms with Crippen molar-refractivity contribution in [2.75, 3.05) is 19.5 Å². The molecule has 3 aromatic carbocycles. The van der Waals surface area contributed by atoms with Gasteiger partial charge in [-0.15, -0.1) is 0 Å². The molecule has 4 heteroatoms. The summed E-state index contributed by atoms with van der Waals surface area (Å²) in [6.07, 6.45) is 0. The number of nitrogens with one attached hydrogen (secondary N) is 1. The number of ether oxygens (including phenoxy) is 2. The number of rotatable bonds is 4. The highest BCUT2D eigenvalue weighted by Gasteiger charge is 2.12. The van der Waals surface area contributed by atoms with E-state index >= 15 is 0 Å². The van der Waals surface area contributed by atoms with Crippen LogP contribution in [0.25, 0.3) is 10.8 Å². The van der Waals surface area contributed by atoms with E-state index in [9.17, 15) is 4.79 Å². The van der Waals surface area contributed by atoms with Gasteiger partial charge in [-0.1, -0.05) is 36.4 Å². The molecule has 116 valence electrons. The highest BCUT2D eigenvalue weighted by Crippen LogP contribution is 2.28. The molecule has 0 saturated carbocycles. The smallest absolute Gasteiger partial charge is 0.255 e. The Bertz CT molecular complexity index is 853. The summed E-state index contributed by atoms with van der Waals surface area (Å²) >= 11 is 0. The summed E-state index contributed by atoms with van der Waals surface area (Å²) in [7, 11) is 3.11. The third kappa shape index (κ3) is 2.97. The fourth-order valence-electron chi connectivity index (χ4n) is 2.51. The maximum atomic E-state index is 12.5. The van der Waals surface area contributed by atoms with Gasteiger partial charge in [0, 0.05) is 16.6 Å². The van der Waals surface area contributed by atoms with E-state index < -0.39 is 0 Å². The number of carbonyl (C=O) groups is 1. The third-order valence-electron chi connectivity index (χ3n) is 3.68. The first-order valence-corrected chi connectivity index (χ1v) is 7.24. The molecule has 1 N–H and O–H groups in total. The minimum absolute atomic E-state index is 0.192. The molecule has 1 amide bonds. The topological polar surface area (TPSA) is 47.6 Å². The molecule has 0 fully saturated rings. The van der Waals surface area contributed by atoms with Crippen LogP contribution in [0.4, 0.5) is 5.69 Å². The van der Waals surface area contributed by atoms with Crippen molar-refractivity contribution in [3.8, 4) is 11.5 Å². The molecule has 0 aliphatic heterocycles. The van der Waals surface area contributed by atoms with Crippen molar-refractivity contribution in [2.24, 2.45) is 0 Å². The Labute approximate surface area is 134 Å². The Morgan fingerprint density at radius 3 is 2.39 bits per heavy atom. The Morgan fingerprint density at radius 1 is 0.870 bits per heavy atom. The van der Waals surface area contributed by atoms with Crippen LogP contribution in [0.5, 0.6) is 11.5 Å². The third-order valence-corrected chi connectivity index (χ3v) is 3.68. The second kappa shape index (κ2) is 6.40. The molecule has 0 atom stereocenters. The molecule has 0 aromatic heterocycles. The molecule has 3 rings (SSSR count). The predicted octanol–water partition coefficient (Wildman–Crippen LogP) is 4.11. The summed E-state index contributed by atoms with van der Waals surface area (Å²) in [6.45, 7) is 0. The van der Waals surface area contributed by atoms with Crippen LogP contribution in [0.15, 0.2) is 60.7 Å². The lowest BCUT2D eigenvalue weighted by molar-refractivity contribution is 0.102. The Kier molecular flexibility index (Phi) is 4.15. The van der Waals surface area contributed by atoms with Crippen LogP contribution in [-0.4, -0.2) is 20.1 Å². The molecule has 0 saturated heterocycles. The molecule has 0 spiro atoms. The average molecular weight is 307 g/mol. The number of hydrogen-bond acceptors (Lipinski definition) is 3. The van der Waals surface area contributed by atoms with Gasteiger partial charge in [0.15, 0.2) is 11.5 Å². The molecular formula is C19H17NO3. The van der Waals surface area contributed by atoms with Gasteiger partial charge in [-0.3, -0.25) is 4.79 Å². The van der Waals surface area contributed by atoms with Crippen molar-refractivity contribution < 1.29 is 14.3 Å². The molecule has 23 heavy (non-hydrogen) atoms. The van der Waals surface area contributed by atoms with Gasteiger partial charge in [0.2, 0.25) is 0 Å². The minimum atomic E-state index is -0.192. The van der Waals surface area contributed by atoms with Crippen LogP contribution in [0.1, 0.15) is 10.4 Å². The number of benzene rings is 3. The summed E-state index contributed by atoms with van der Waals surface area (Å²) < 4.78 is 10.4. The lowest BCUT2D eigenvalue weighted by Gasteiger charge is -2.11.